The summed E-state index contributed by atoms with van der Waals surface area (Å²) in [5.41, 5.74) is 8.21. The number of amides is 1. The summed E-state index contributed by atoms with van der Waals surface area (Å²) in [5.74, 6) is -0.312. The van der Waals surface area contributed by atoms with E-state index in [4.69, 9.17) is 22.1 Å². The predicted octanol–water partition coefficient (Wildman–Crippen LogP) is 1.91. The van der Waals surface area contributed by atoms with Crippen LogP contribution >= 0.6 is 11.6 Å². The van der Waals surface area contributed by atoms with Gasteiger partial charge in [-0.1, -0.05) is 11.6 Å². The summed E-state index contributed by atoms with van der Waals surface area (Å²) in [7, 11) is 0. The summed E-state index contributed by atoms with van der Waals surface area (Å²) < 4.78 is 6.85. The maximum absolute atomic E-state index is 13.2. The van der Waals surface area contributed by atoms with Crippen LogP contribution in [0.25, 0.3) is 5.65 Å². The van der Waals surface area contributed by atoms with Gasteiger partial charge in [-0.2, -0.15) is 0 Å². The number of carbonyl (C=O) groups excluding carboxylic acids is 1. The molecule has 11 heteroatoms. The molecule has 2 fully saturated rings. The lowest BCUT2D eigenvalue weighted by molar-refractivity contribution is -0.134. The van der Waals surface area contributed by atoms with E-state index < -0.39 is 5.91 Å². The van der Waals surface area contributed by atoms with Crippen molar-refractivity contribution in [1.29, 1.82) is 0 Å². The highest BCUT2D eigenvalue weighted by molar-refractivity contribution is 6.30. The van der Waals surface area contributed by atoms with E-state index in [9.17, 15) is 4.79 Å². The summed E-state index contributed by atoms with van der Waals surface area (Å²) in [4.78, 5) is 26.4. The monoisotopic (exact) mass is 456 g/mol. The Morgan fingerprint density at radius 3 is 2.88 bits per heavy atom. The van der Waals surface area contributed by atoms with Crippen molar-refractivity contribution in [2.75, 3.05) is 48.8 Å². The van der Waals surface area contributed by atoms with Crippen LogP contribution in [0.1, 0.15) is 24.2 Å². The number of aromatic nitrogens is 4. The SMILES string of the molecule is C[C@@H]1CN(C2(C)COC2)CCN1c1ccncc1NC(=O)c1c(N)nn2cc(Cl)cnc12. The first-order valence-electron chi connectivity index (χ1n) is 10.5. The first-order chi connectivity index (χ1) is 15.4. The first kappa shape index (κ1) is 20.9. The molecular weight excluding hydrogens is 432 g/mol. The van der Waals surface area contributed by atoms with Crippen LogP contribution < -0.4 is 16.0 Å². The standard InChI is InChI=1S/C21H25ClN8O2/c1-13-9-28(21(2)11-32-12-21)5-6-29(13)16-3-4-24-8-15(16)26-20(31)17-18(23)27-30-10-14(22)7-25-19(17)30/h3-4,7-8,10,13H,5-6,9,11-12H2,1-2H3,(H2,23,27)(H,26,31)/t13-/m1/s1. The number of pyridine rings is 1. The van der Waals surface area contributed by atoms with Crippen LogP contribution in [0.2, 0.25) is 5.02 Å². The van der Waals surface area contributed by atoms with Gasteiger partial charge >= 0.3 is 0 Å². The van der Waals surface area contributed by atoms with Crippen LogP contribution in [-0.4, -0.2) is 74.8 Å². The van der Waals surface area contributed by atoms with Crippen LogP contribution in [0.4, 0.5) is 17.2 Å². The molecule has 1 amide bonds. The van der Waals surface area contributed by atoms with Gasteiger partial charge in [-0.15, -0.1) is 5.10 Å². The third-order valence-electron chi connectivity index (χ3n) is 6.27. The smallest absolute Gasteiger partial charge is 0.263 e. The molecule has 0 bridgehead atoms. The van der Waals surface area contributed by atoms with Crippen molar-refractivity contribution >= 4 is 40.3 Å². The highest BCUT2D eigenvalue weighted by Gasteiger charge is 2.42. The van der Waals surface area contributed by atoms with Crippen molar-refractivity contribution in [1.82, 2.24) is 24.5 Å². The number of nitrogens with one attached hydrogen (secondary N) is 1. The lowest BCUT2D eigenvalue weighted by Gasteiger charge is -2.52. The largest absolute Gasteiger partial charge is 0.381 e. The van der Waals surface area contributed by atoms with Gasteiger partial charge < -0.3 is 20.7 Å². The molecule has 0 aliphatic carbocycles. The van der Waals surface area contributed by atoms with E-state index in [1.165, 1.54) is 10.7 Å². The quantitative estimate of drug-likeness (QED) is 0.612. The number of hydrogen-bond donors (Lipinski definition) is 2. The number of nitrogens with two attached hydrogens (primary N) is 1. The Kier molecular flexibility index (Phi) is 5.15. The van der Waals surface area contributed by atoms with Crippen LogP contribution in [-0.2, 0) is 4.74 Å². The molecule has 0 radical (unpaired) electrons. The molecule has 0 saturated carbocycles. The predicted molar refractivity (Wildman–Crippen MR) is 122 cm³/mol. The second-order valence-electron chi connectivity index (χ2n) is 8.63. The first-order valence-corrected chi connectivity index (χ1v) is 10.9. The summed E-state index contributed by atoms with van der Waals surface area (Å²) in [6, 6.07) is 2.18. The zero-order chi connectivity index (χ0) is 22.5. The average molecular weight is 457 g/mol. The maximum atomic E-state index is 13.2. The summed E-state index contributed by atoms with van der Waals surface area (Å²) in [6.45, 7) is 8.67. The van der Waals surface area contributed by atoms with Gasteiger partial charge in [0, 0.05) is 38.1 Å². The van der Waals surface area contributed by atoms with Crippen molar-refractivity contribution in [2.24, 2.45) is 0 Å². The van der Waals surface area contributed by atoms with Gasteiger partial charge in [-0.05, 0) is 19.9 Å². The highest BCUT2D eigenvalue weighted by Crippen LogP contribution is 2.32. The summed E-state index contributed by atoms with van der Waals surface area (Å²) in [6.07, 6.45) is 6.40. The van der Waals surface area contributed by atoms with Crippen LogP contribution in [0.3, 0.4) is 0 Å². The molecule has 168 valence electrons. The van der Waals surface area contributed by atoms with Gasteiger partial charge in [0.25, 0.3) is 5.91 Å². The third kappa shape index (κ3) is 3.54. The number of nitrogens with zero attached hydrogens (tertiary/aromatic N) is 6. The minimum Gasteiger partial charge on any atom is -0.381 e. The number of fused-ring (bicyclic) bond motifs is 1. The van der Waals surface area contributed by atoms with E-state index in [0.717, 1.165) is 38.5 Å². The molecule has 0 aromatic carbocycles. The molecule has 0 spiro atoms. The van der Waals surface area contributed by atoms with E-state index in [2.05, 4.69) is 44.0 Å². The average Bonchev–Trinajstić information content (AvgIpc) is 3.07. The minimum atomic E-state index is -0.396. The molecule has 3 aromatic heterocycles. The van der Waals surface area contributed by atoms with Crippen LogP contribution in [0.5, 0.6) is 0 Å². The molecule has 2 aliphatic rings. The molecule has 2 aliphatic heterocycles. The number of piperazine rings is 1. The zero-order valence-electron chi connectivity index (χ0n) is 18.0. The highest BCUT2D eigenvalue weighted by atomic mass is 35.5. The molecule has 32 heavy (non-hydrogen) atoms. The van der Waals surface area contributed by atoms with Gasteiger partial charge in [0.2, 0.25) is 0 Å². The summed E-state index contributed by atoms with van der Waals surface area (Å²) in [5, 5.41) is 7.51. The van der Waals surface area contributed by atoms with E-state index in [0.29, 0.717) is 16.4 Å². The van der Waals surface area contributed by atoms with Crippen molar-refractivity contribution < 1.29 is 9.53 Å². The minimum absolute atomic E-state index is 0.0839. The van der Waals surface area contributed by atoms with Crippen molar-refractivity contribution in [3.05, 3.63) is 41.4 Å². The Hall–Kier alpha value is -2.95. The Morgan fingerprint density at radius 1 is 1.34 bits per heavy atom. The zero-order valence-corrected chi connectivity index (χ0v) is 18.7. The fraction of sp³-hybridized carbons (Fsp3) is 0.429. The second kappa shape index (κ2) is 7.88. The van der Waals surface area contributed by atoms with Crippen molar-refractivity contribution in [2.45, 2.75) is 25.4 Å². The normalized spacial score (nSPS) is 20.8. The second-order valence-corrected chi connectivity index (χ2v) is 9.06. The number of carbonyl (C=O) groups is 1. The number of halogens is 1. The van der Waals surface area contributed by atoms with E-state index in [-0.39, 0.29) is 23.0 Å². The number of rotatable bonds is 4. The van der Waals surface area contributed by atoms with Crippen molar-refractivity contribution in [3.8, 4) is 0 Å². The number of hydrogen-bond acceptors (Lipinski definition) is 8. The van der Waals surface area contributed by atoms with Gasteiger partial charge in [-0.25, -0.2) is 9.50 Å². The fourth-order valence-corrected chi connectivity index (χ4v) is 4.59. The molecular formula is C21H25ClN8O2. The molecule has 3 N–H and O–H groups in total. The van der Waals surface area contributed by atoms with E-state index >= 15 is 0 Å². The lowest BCUT2D eigenvalue weighted by Crippen LogP contribution is -2.66. The molecule has 3 aromatic rings. The Bertz CT molecular complexity index is 1180. The molecule has 10 nitrogen and oxygen atoms in total. The lowest BCUT2D eigenvalue weighted by atomic mass is 9.95. The van der Waals surface area contributed by atoms with E-state index in [1.807, 2.05) is 6.07 Å². The molecule has 2 saturated heterocycles. The fourth-order valence-electron chi connectivity index (χ4n) is 4.45. The van der Waals surface area contributed by atoms with Crippen LogP contribution in [0, 0.1) is 0 Å². The number of nitrogen functional groups attached to an aromatic ring is 1. The topological polar surface area (TPSA) is 114 Å². The molecule has 5 rings (SSSR count). The number of ether oxygens (including phenoxy) is 1. The third-order valence-corrected chi connectivity index (χ3v) is 6.46. The molecule has 5 heterocycles. The Labute approximate surface area is 190 Å². The van der Waals surface area contributed by atoms with Crippen molar-refractivity contribution in [3.63, 3.8) is 0 Å². The van der Waals surface area contributed by atoms with Crippen LogP contribution in [0.15, 0.2) is 30.9 Å². The molecule has 1 atom stereocenters. The maximum Gasteiger partial charge on any atom is 0.263 e. The molecule has 0 unspecified atom stereocenters. The van der Waals surface area contributed by atoms with E-state index in [1.54, 1.807) is 18.6 Å². The van der Waals surface area contributed by atoms with Gasteiger partial charge in [0.15, 0.2) is 11.5 Å². The Morgan fingerprint density at radius 2 is 2.16 bits per heavy atom. The summed E-state index contributed by atoms with van der Waals surface area (Å²) >= 11 is 5.97. The Balaban J connectivity index is 1.39. The van der Waals surface area contributed by atoms with Gasteiger partial charge in [0.1, 0.15) is 5.56 Å². The number of anilines is 3. The van der Waals surface area contributed by atoms with Gasteiger partial charge in [0.05, 0.1) is 47.5 Å². The van der Waals surface area contributed by atoms with Gasteiger partial charge in [-0.3, -0.25) is 14.7 Å².